The summed E-state index contributed by atoms with van der Waals surface area (Å²) >= 11 is 0. The molecule has 1 heterocycles. The first-order chi connectivity index (χ1) is 17.9. The van der Waals surface area contributed by atoms with Crippen molar-refractivity contribution in [2.75, 3.05) is 0 Å². The summed E-state index contributed by atoms with van der Waals surface area (Å²) in [6.07, 6.45) is 4.85. The third-order valence-electron chi connectivity index (χ3n) is 12.8. The summed E-state index contributed by atoms with van der Waals surface area (Å²) in [6.45, 7) is 16.1. The average Bonchev–Trinajstić information content (AvgIpc) is 3.36. The van der Waals surface area contributed by atoms with Crippen molar-refractivity contribution in [2.45, 2.75) is 137 Å². The van der Waals surface area contributed by atoms with Gasteiger partial charge in [-0.05, 0) is 87.4 Å². The Morgan fingerprint density at radius 2 is 1.74 bits per heavy atom. The molecule has 0 aromatic carbocycles. The lowest BCUT2D eigenvalue weighted by atomic mass is 9.37. The van der Waals surface area contributed by atoms with Crippen LogP contribution in [0.5, 0.6) is 0 Å². The molecule has 0 amide bonds. The van der Waals surface area contributed by atoms with Crippen molar-refractivity contribution in [3.05, 3.63) is 11.6 Å². The standard InChI is InChI=1S/C32H52O7/c1-17(33)38-25-12-14-31(7)22-11-13-30(6)19(18-15-20(39-27(18)36)26(35)29(4,5)37)9-10-21(30)32(22,8)24(34)16-23(31)28(25,2)3/h10,18-20,22-27,34-37H,9,11-16H2,1-8H3/t18-,19-,20+,22+,23-,24+,25+,26-,27-,30-,31+,32-/m0/s1. The molecular weight excluding hydrogens is 496 g/mol. The van der Waals surface area contributed by atoms with E-state index in [-0.39, 0.29) is 51.5 Å². The lowest BCUT2D eigenvalue weighted by Crippen LogP contribution is -2.65. The lowest BCUT2D eigenvalue weighted by molar-refractivity contribution is -0.220. The Bertz CT molecular complexity index is 1010. The smallest absolute Gasteiger partial charge is 0.302 e. The fourth-order valence-corrected chi connectivity index (χ4v) is 10.8. The molecule has 4 N–H and O–H groups in total. The average molecular weight is 549 g/mol. The number of rotatable bonds is 4. The number of carbonyl (C=O) groups excluding carboxylic acids is 1. The molecule has 1 saturated heterocycles. The molecule has 3 saturated carbocycles. The lowest BCUT2D eigenvalue weighted by Gasteiger charge is -2.68. The molecular formula is C32H52O7. The van der Waals surface area contributed by atoms with Crippen LogP contribution < -0.4 is 0 Å². The number of ether oxygens (including phenoxy) is 2. The van der Waals surface area contributed by atoms with Crippen molar-refractivity contribution in [1.29, 1.82) is 0 Å². The zero-order chi connectivity index (χ0) is 28.9. The maximum absolute atomic E-state index is 12.0. The molecule has 0 aromatic heterocycles. The third-order valence-corrected chi connectivity index (χ3v) is 12.8. The van der Waals surface area contributed by atoms with Gasteiger partial charge in [0.25, 0.3) is 0 Å². The zero-order valence-electron chi connectivity index (χ0n) is 25.2. The summed E-state index contributed by atoms with van der Waals surface area (Å²) in [4.78, 5) is 11.9. The number of hydrogen-bond acceptors (Lipinski definition) is 7. The number of allylic oxidation sites excluding steroid dienone is 1. The van der Waals surface area contributed by atoms with Gasteiger partial charge in [-0.25, -0.2) is 0 Å². The SMILES string of the molecule is CC(=O)O[C@@H]1CC[C@]2(C)[C@H]3CC[C@]4(C)C(=CC[C@H]4[C@@H]4C[C@H]([C@H](O)C(C)(C)O)O[C@@H]4O)[C@]3(C)[C@H](O)C[C@H]2C1(C)C. The Labute approximate surface area is 234 Å². The summed E-state index contributed by atoms with van der Waals surface area (Å²) in [5.41, 5.74) is -0.727. The minimum atomic E-state index is -1.31. The van der Waals surface area contributed by atoms with E-state index in [9.17, 15) is 25.2 Å². The second-order valence-electron chi connectivity index (χ2n) is 15.6. The predicted octanol–water partition coefficient (Wildman–Crippen LogP) is 4.35. The van der Waals surface area contributed by atoms with E-state index in [1.807, 2.05) is 0 Å². The Kier molecular flexibility index (Phi) is 7.00. The van der Waals surface area contributed by atoms with E-state index in [0.717, 1.165) is 32.1 Å². The van der Waals surface area contributed by atoms with Crippen molar-refractivity contribution >= 4 is 5.97 Å². The number of hydrogen-bond donors (Lipinski definition) is 4. The Balaban J connectivity index is 1.42. The molecule has 7 heteroatoms. The molecule has 5 rings (SSSR count). The summed E-state index contributed by atoms with van der Waals surface area (Å²) in [5, 5.41) is 44.0. The molecule has 0 aromatic rings. The summed E-state index contributed by atoms with van der Waals surface area (Å²) in [7, 11) is 0. The minimum Gasteiger partial charge on any atom is -0.462 e. The van der Waals surface area contributed by atoms with Gasteiger partial charge in [0.1, 0.15) is 12.2 Å². The van der Waals surface area contributed by atoms with Crippen LogP contribution in [0.15, 0.2) is 11.6 Å². The Hall–Kier alpha value is -0.990. The molecule has 1 aliphatic heterocycles. The third kappa shape index (κ3) is 4.19. The molecule has 0 bridgehead atoms. The van der Waals surface area contributed by atoms with Crippen LogP contribution in [0.4, 0.5) is 0 Å². The number of carbonyl (C=O) groups is 1. The van der Waals surface area contributed by atoms with Crippen LogP contribution in [-0.2, 0) is 14.3 Å². The highest BCUT2D eigenvalue weighted by Gasteiger charge is 2.69. The van der Waals surface area contributed by atoms with Crippen molar-refractivity contribution in [3.63, 3.8) is 0 Å². The fraction of sp³-hybridized carbons (Fsp3) is 0.906. The van der Waals surface area contributed by atoms with E-state index in [4.69, 9.17) is 9.47 Å². The van der Waals surface area contributed by atoms with Crippen molar-refractivity contribution in [3.8, 4) is 0 Å². The first-order valence-corrected chi connectivity index (χ1v) is 15.2. The number of aliphatic hydroxyl groups excluding tert-OH is 3. The molecule has 4 aliphatic carbocycles. The van der Waals surface area contributed by atoms with Crippen LogP contribution in [0.3, 0.4) is 0 Å². The van der Waals surface area contributed by atoms with Crippen molar-refractivity contribution < 1.29 is 34.7 Å². The van der Waals surface area contributed by atoms with Gasteiger partial charge in [0.05, 0.1) is 17.8 Å². The van der Waals surface area contributed by atoms with Crippen LogP contribution in [0.2, 0.25) is 0 Å². The van der Waals surface area contributed by atoms with E-state index in [1.165, 1.54) is 12.5 Å². The second-order valence-corrected chi connectivity index (χ2v) is 15.6. The molecule has 222 valence electrons. The maximum Gasteiger partial charge on any atom is 0.302 e. The van der Waals surface area contributed by atoms with Gasteiger partial charge < -0.3 is 29.9 Å². The minimum absolute atomic E-state index is 0.0201. The Morgan fingerprint density at radius 1 is 1.08 bits per heavy atom. The molecule has 7 nitrogen and oxygen atoms in total. The highest BCUT2D eigenvalue weighted by atomic mass is 16.6. The number of esters is 1. The fourth-order valence-electron chi connectivity index (χ4n) is 10.8. The van der Waals surface area contributed by atoms with E-state index < -0.39 is 30.2 Å². The van der Waals surface area contributed by atoms with Gasteiger partial charge >= 0.3 is 5.97 Å². The zero-order valence-corrected chi connectivity index (χ0v) is 25.2. The monoisotopic (exact) mass is 548 g/mol. The highest BCUT2D eigenvalue weighted by molar-refractivity contribution is 5.66. The van der Waals surface area contributed by atoms with Gasteiger partial charge in [-0.15, -0.1) is 0 Å². The van der Waals surface area contributed by atoms with Gasteiger partial charge in [-0.1, -0.05) is 46.3 Å². The maximum atomic E-state index is 12.0. The van der Waals surface area contributed by atoms with Crippen LogP contribution in [-0.4, -0.2) is 62.7 Å². The molecule has 0 spiro atoms. The molecule has 0 radical (unpaired) electrons. The van der Waals surface area contributed by atoms with E-state index in [1.54, 1.807) is 13.8 Å². The summed E-state index contributed by atoms with van der Waals surface area (Å²) in [5.74, 6) is 0.321. The van der Waals surface area contributed by atoms with Crippen LogP contribution in [0.25, 0.3) is 0 Å². The van der Waals surface area contributed by atoms with E-state index in [0.29, 0.717) is 18.8 Å². The normalized spacial score (nSPS) is 49.9. The van der Waals surface area contributed by atoms with Crippen LogP contribution in [0.1, 0.15) is 100 Å². The van der Waals surface area contributed by atoms with E-state index >= 15 is 0 Å². The number of fused-ring (bicyclic) bond motifs is 5. The van der Waals surface area contributed by atoms with E-state index in [2.05, 4.69) is 40.7 Å². The molecule has 4 fully saturated rings. The number of aliphatic hydroxyl groups is 4. The molecule has 12 atom stereocenters. The summed E-state index contributed by atoms with van der Waals surface area (Å²) < 4.78 is 11.6. The van der Waals surface area contributed by atoms with Crippen molar-refractivity contribution in [2.24, 2.45) is 45.3 Å². The second kappa shape index (κ2) is 9.26. The molecule has 39 heavy (non-hydrogen) atoms. The van der Waals surface area contributed by atoms with Crippen LogP contribution in [0, 0.1) is 45.3 Å². The molecule has 0 unspecified atom stereocenters. The van der Waals surface area contributed by atoms with Gasteiger partial charge in [-0.2, -0.15) is 0 Å². The highest BCUT2D eigenvalue weighted by Crippen LogP contribution is 2.73. The van der Waals surface area contributed by atoms with Gasteiger partial charge in [0, 0.05) is 23.7 Å². The summed E-state index contributed by atoms with van der Waals surface area (Å²) in [6, 6.07) is 0. The van der Waals surface area contributed by atoms with Gasteiger partial charge in [0.15, 0.2) is 6.29 Å². The predicted molar refractivity (Wildman–Crippen MR) is 147 cm³/mol. The van der Waals surface area contributed by atoms with Crippen LogP contribution >= 0.6 is 0 Å². The molecule has 5 aliphatic rings. The van der Waals surface area contributed by atoms with Gasteiger partial charge in [-0.3, -0.25) is 4.79 Å². The van der Waals surface area contributed by atoms with Gasteiger partial charge in [0.2, 0.25) is 0 Å². The first kappa shape index (κ1) is 29.5. The quantitative estimate of drug-likeness (QED) is 0.305. The largest absolute Gasteiger partial charge is 0.462 e. The van der Waals surface area contributed by atoms with Crippen molar-refractivity contribution in [1.82, 2.24) is 0 Å². The first-order valence-electron chi connectivity index (χ1n) is 15.2. The topological polar surface area (TPSA) is 116 Å². The Morgan fingerprint density at radius 3 is 2.36 bits per heavy atom.